The molecule has 1 aliphatic heterocycles. The van der Waals surface area contributed by atoms with Crippen molar-refractivity contribution in [1.29, 1.82) is 0 Å². The van der Waals surface area contributed by atoms with Gasteiger partial charge in [-0.2, -0.15) is 0 Å². The Hall–Kier alpha value is -3.65. The topological polar surface area (TPSA) is 96.8 Å². The standard InChI is InChI=1S/C24H26N4O4/c1-31-21-10-6-18(7-11-21)19-15-25-23(26-16-19)27-20-8-4-17(5-9-20)12-14-28-13-2-3-22(28)32-24(29)30/h4-11,15-16,22H,2-3,12-14H2,1H3,(H,29,30)(H,25,26,27)/t22-/m0/s1. The van der Waals surface area contributed by atoms with Crippen molar-refractivity contribution in [3.8, 4) is 16.9 Å². The van der Waals surface area contributed by atoms with Gasteiger partial charge in [-0.1, -0.05) is 24.3 Å². The van der Waals surface area contributed by atoms with E-state index in [1.165, 1.54) is 5.56 Å². The van der Waals surface area contributed by atoms with Crippen molar-refractivity contribution in [2.75, 3.05) is 25.5 Å². The molecule has 1 fully saturated rings. The highest BCUT2D eigenvalue weighted by atomic mass is 16.7. The van der Waals surface area contributed by atoms with Crippen LogP contribution in [0.2, 0.25) is 0 Å². The van der Waals surface area contributed by atoms with Gasteiger partial charge in [0.1, 0.15) is 5.75 Å². The lowest BCUT2D eigenvalue weighted by atomic mass is 10.1. The maximum Gasteiger partial charge on any atom is 0.507 e. The molecule has 0 unspecified atom stereocenters. The van der Waals surface area contributed by atoms with Gasteiger partial charge in [0.15, 0.2) is 6.23 Å². The second-order valence-electron chi connectivity index (χ2n) is 7.61. The highest BCUT2D eigenvalue weighted by Crippen LogP contribution is 2.23. The van der Waals surface area contributed by atoms with E-state index in [1.54, 1.807) is 19.5 Å². The maximum atomic E-state index is 10.8. The van der Waals surface area contributed by atoms with E-state index in [1.807, 2.05) is 36.4 Å². The fourth-order valence-corrected chi connectivity index (χ4v) is 3.78. The normalized spacial score (nSPS) is 16.0. The number of anilines is 2. The van der Waals surface area contributed by atoms with Gasteiger partial charge < -0.3 is 19.9 Å². The average molecular weight is 434 g/mol. The molecule has 166 valence electrons. The Bertz CT molecular complexity index is 1020. The summed E-state index contributed by atoms with van der Waals surface area (Å²) in [6, 6.07) is 15.9. The fraction of sp³-hybridized carbons (Fsp3) is 0.292. The molecular formula is C24H26N4O4. The summed E-state index contributed by atoms with van der Waals surface area (Å²) < 4.78 is 10.1. The number of benzene rings is 2. The second kappa shape index (κ2) is 10.1. The minimum atomic E-state index is -1.21. The highest BCUT2D eigenvalue weighted by Gasteiger charge is 2.27. The van der Waals surface area contributed by atoms with E-state index in [2.05, 4.69) is 32.3 Å². The number of nitrogens with one attached hydrogen (secondary N) is 1. The Labute approximate surface area is 186 Å². The highest BCUT2D eigenvalue weighted by molar-refractivity contribution is 5.63. The van der Waals surface area contributed by atoms with Gasteiger partial charge in [0, 0.05) is 36.7 Å². The van der Waals surface area contributed by atoms with E-state index in [9.17, 15) is 4.79 Å². The van der Waals surface area contributed by atoms with E-state index >= 15 is 0 Å². The fourth-order valence-electron chi connectivity index (χ4n) is 3.78. The SMILES string of the molecule is COc1ccc(-c2cnc(Nc3ccc(CCN4CCC[C@@H]4OC(=O)O)cc3)nc2)cc1. The summed E-state index contributed by atoms with van der Waals surface area (Å²) in [4.78, 5) is 21.7. The minimum absolute atomic E-state index is 0.327. The number of carbonyl (C=O) groups is 1. The first-order valence-electron chi connectivity index (χ1n) is 10.6. The van der Waals surface area contributed by atoms with E-state index in [0.29, 0.717) is 5.95 Å². The lowest BCUT2D eigenvalue weighted by Crippen LogP contribution is -2.34. The second-order valence-corrected chi connectivity index (χ2v) is 7.61. The molecule has 0 aliphatic carbocycles. The molecule has 0 radical (unpaired) electrons. The largest absolute Gasteiger partial charge is 0.507 e. The van der Waals surface area contributed by atoms with Crippen molar-refractivity contribution in [2.45, 2.75) is 25.5 Å². The number of methoxy groups -OCH3 is 1. The molecule has 1 aliphatic rings. The molecule has 1 aromatic heterocycles. The molecule has 0 spiro atoms. The number of nitrogens with zero attached hydrogens (tertiary/aromatic N) is 3. The Morgan fingerprint density at radius 3 is 2.47 bits per heavy atom. The summed E-state index contributed by atoms with van der Waals surface area (Å²) >= 11 is 0. The molecule has 32 heavy (non-hydrogen) atoms. The summed E-state index contributed by atoms with van der Waals surface area (Å²) in [6.45, 7) is 1.63. The number of carboxylic acid groups (broad SMARTS) is 1. The molecule has 2 N–H and O–H groups in total. The average Bonchev–Trinajstić information content (AvgIpc) is 3.25. The molecule has 2 heterocycles. The van der Waals surface area contributed by atoms with Crippen LogP contribution in [0.3, 0.4) is 0 Å². The van der Waals surface area contributed by atoms with Gasteiger partial charge in [-0.15, -0.1) is 0 Å². The predicted octanol–water partition coefficient (Wildman–Crippen LogP) is 4.55. The van der Waals surface area contributed by atoms with Crippen molar-refractivity contribution in [1.82, 2.24) is 14.9 Å². The lowest BCUT2D eigenvalue weighted by molar-refractivity contribution is -0.0129. The Morgan fingerprint density at radius 1 is 1.09 bits per heavy atom. The zero-order valence-corrected chi connectivity index (χ0v) is 17.9. The molecule has 4 rings (SSSR count). The Morgan fingerprint density at radius 2 is 1.81 bits per heavy atom. The van der Waals surface area contributed by atoms with Crippen LogP contribution in [-0.4, -0.2) is 52.6 Å². The van der Waals surface area contributed by atoms with Gasteiger partial charge in [0.25, 0.3) is 0 Å². The van der Waals surface area contributed by atoms with Crippen LogP contribution in [0.15, 0.2) is 60.9 Å². The quantitative estimate of drug-likeness (QED) is 0.498. The molecule has 0 saturated carbocycles. The summed E-state index contributed by atoms with van der Waals surface area (Å²) in [5, 5.41) is 12.1. The van der Waals surface area contributed by atoms with Crippen molar-refractivity contribution in [3.63, 3.8) is 0 Å². The first-order valence-corrected chi connectivity index (χ1v) is 10.6. The summed E-state index contributed by atoms with van der Waals surface area (Å²) in [6.07, 6.45) is 4.58. The zero-order valence-electron chi connectivity index (χ0n) is 17.9. The molecule has 0 amide bonds. The predicted molar refractivity (Wildman–Crippen MR) is 121 cm³/mol. The number of likely N-dealkylation sites (tertiary alicyclic amines) is 1. The van der Waals surface area contributed by atoms with Crippen molar-refractivity contribution < 1.29 is 19.4 Å². The third-order valence-corrected chi connectivity index (χ3v) is 5.51. The van der Waals surface area contributed by atoms with Gasteiger partial charge in [-0.3, -0.25) is 4.90 Å². The van der Waals surface area contributed by atoms with Crippen LogP contribution in [0.25, 0.3) is 11.1 Å². The molecule has 1 atom stereocenters. The van der Waals surface area contributed by atoms with Crippen LogP contribution in [0, 0.1) is 0 Å². The monoisotopic (exact) mass is 434 g/mol. The van der Waals surface area contributed by atoms with Crippen LogP contribution >= 0.6 is 0 Å². The van der Waals surface area contributed by atoms with E-state index in [-0.39, 0.29) is 6.23 Å². The van der Waals surface area contributed by atoms with Crippen LogP contribution in [0.4, 0.5) is 16.4 Å². The van der Waals surface area contributed by atoms with Crippen LogP contribution in [-0.2, 0) is 11.2 Å². The van der Waals surface area contributed by atoms with Gasteiger partial charge in [0.05, 0.1) is 7.11 Å². The van der Waals surface area contributed by atoms with Crippen LogP contribution in [0.5, 0.6) is 5.75 Å². The summed E-state index contributed by atoms with van der Waals surface area (Å²) in [5.41, 5.74) is 4.03. The van der Waals surface area contributed by atoms with E-state index in [0.717, 1.165) is 54.9 Å². The number of rotatable bonds is 8. The lowest BCUT2D eigenvalue weighted by Gasteiger charge is -2.22. The number of hydrogen-bond acceptors (Lipinski definition) is 7. The molecule has 3 aromatic rings. The summed E-state index contributed by atoms with van der Waals surface area (Å²) in [5.74, 6) is 1.34. The van der Waals surface area contributed by atoms with Gasteiger partial charge in [0.2, 0.25) is 5.95 Å². The molecule has 0 bridgehead atoms. The third kappa shape index (κ3) is 5.53. The molecular weight excluding hydrogens is 408 g/mol. The van der Waals surface area contributed by atoms with Gasteiger partial charge in [-0.05, 0) is 54.7 Å². The minimum Gasteiger partial charge on any atom is -0.497 e. The van der Waals surface area contributed by atoms with Crippen molar-refractivity contribution in [3.05, 3.63) is 66.5 Å². The van der Waals surface area contributed by atoms with Gasteiger partial charge in [-0.25, -0.2) is 14.8 Å². The first kappa shape index (κ1) is 21.6. The summed E-state index contributed by atoms with van der Waals surface area (Å²) in [7, 11) is 1.64. The smallest absolute Gasteiger partial charge is 0.497 e. The number of aromatic nitrogens is 2. The number of ether oxygens (including phenoxy) is 2. The molecule has 8 heteroatoms. The Balaban J connectivity index is 1.31. The number of hydrogen-bond donors (Lipinski definition) is 2. The van der Waals surface area contributed by atoms with Crippen molar-refractivity contribution >= 4 is 17.8 Å². The van der Waals surface area contributed by atoms with Crippen LogP contribution in [0.1, 0.15) is 18.4 Å². The first-order chi connectivity index (χ1) is 15.6. The van der Waals surface area contributed by atoms with Crippen LogP contribution < -0.4 is 10.1 Å². The third-order valence-electron chi connectivity index (χ3n) is 5.51. The molecule has 8 nitrogen and oxygen atoms in total. The van der Waals surface area contributed by atoms with E-state index < -0.39 is 6.16 Å². The molecule has 2 aromatic carbocycles. The maximum absolute atomic E-state index is 10.8. The Kier molecular flexibility index (Phi) is 6.81. The zero-order chi connectivity index (χ0) is 22.3. The van der Waals surface area contributed by atoms with Gasteiger partial charge >= 0.3 is 6.16 Å². The molecule has 1 saturated heterocycles. The van der Waals surface area contributed by atoms with E-state index in [4.69, 9.17) is 14.6 Å². The van der Waals surface area contributed by atoms with Crippen molar-refractivity contribution in [2.24, 2.45) is 0 Å².